The van der Waals surface area contributed by atoms with Crippen molar-refractivity contribution in [1.82, 2.24) is 24.4 Å². The molecule has 0 saturated carbocycles. The Morgan fingerprint density at radius 2 is 1.48 bits per heavy atom. The number of hydrogen-bond acceptors (Lipinski definition) is 10. The molecule has 5 heterocycles. The van der Waals surface area contributed by atoms with E-state index in [2.05, 4.69) is 94.0 Å². The Labute approximate surface area is 304 Å². The van der Waals surface area contributed by atoms with E-state index < -0.39 is 31.1 Å². The van der Waals surface area contributed by atoms with E-state index in [-0.39, 0.29) is 12.0 Å². The Morgan fingerprint density at radius 3 is 2.13 bits per heavy atom. The summed E-state index contributed by atoms with van der Waals surface area (Å²) < 4.78 is 7.62. The summed E-state index contributed by atoms with van der Waals surface area (Å²) in [5, 5.41) is 35.0. The topological polar surface area (TPSA) is 132 Å². The molecule has 0 aliphatic carbocycles. The van der Waals surface area contributed by atoms with E-state index in [1.807, 2.05) is 12.1 Å². The summed E-state index contributed by atoms with van der Waals surface area (Å²) in [6.45, 7) is 4.15. The van der Waals surface area contributed by atoms with E-state index >= 15 is 0 Å². The maximum Gasteiger partial charge on any atom is 0.229 e. The highest BCUT2D eigenvalue weighted by atomic mass is 16.6. The smallest absolute Gasteiger partial charge is 0.229 e. The predicted molar refractivity (Wildman–Crippen MR) is 201 cm³/mol. The van der Waals surface area contributed by atoms with Crippen molar-refractivity contribution in [1.29, 1.82) is 0 Å². The lowest BCUT2D eigenvalue weighted by atomic mass is 9.90. The number of ether oxygens (including phenoxy) is 1. The quantitative estimate of drug-likeness (QED) is 0.146. The number of piperidine rings is 1. The first-order valence-corrected chi connectivity index (χ1v) is 18.8. The number of aliphatic hydroxyl groups is 3. The molecule has 5 atom stereocenters. The number of imidazole rings is 1. The highest BCUT2D eigenvalue weighted by Crippen LogP contribution is 2.35. The van der Waals surface area contributed by atoms with Gasteiger partial charge in [0.25, 0.3) is 0 Å². The zero-order chi connectivity index (χ0) is 35.4. The number of fused-ring (bicyclic) bond motifs is 1. The van der Waals surface area contributed by atoms with Crippen molar-refractivity contribution in [3.8, 4) is 0 Å². The van der Waals surface area contributed by atoms with Crippen LogP contribution in [-0.2, 0) is 11.2 Å². The maximum atomic E-state index is 11.0. The minimum Gasteiger partial charge on any atom is -0.394 e. The van der Waals surface area contributed by atoms with Crippen molar-refractivity contribution < 1.29 is 20.1 Å². The van der Waals surface area contributed by atoms with Crippen LogP contribution in [0, 0.1) is 5.92 Å². The first-order valence-electron chi connectivity index (χ1n) is 18.8. The van der Waals surface area contributed by atoms with Crippen LogP contribution in [0.25, 0.3) is 11.2 Å². The minimum absolute atomic E-state index is 0.0581. The number of aliphatic hydroxyl groups excluding tert-OH is 3. The Balaban J connectivity index is 1.07. The maximum absolute atomic E-state index is 11.0. The third-order valence-corrected chi connectivity index (χ3v) is 11.3. The molecule has 8 rings (SSSR count). The van der Waals surface area contributed by atoms with E-state index in [0.717, 1.165) is 45.4 Å². The van der Waals surface area contributed by atoms with Crippen LogP contribution in [-0.4, -0.2) is 103 Å². The fourth-order valence-electron chi connectivity index (χ4n) is 8.36. The van der Waals surface area contributed by atoms with Crippen molar-refractivity contribution >= 4 is 22.9 Å². The summed E-state index contributed by atoms with van der Waals surface area (Å²) in [6.07, 6.45) is 2.89. The van der Waals surface area contributed by atoms with Crippen LogP contribution in [0.1, 0.15) is 54.5 Å². The van der Waals surface area contributed by atoms with E-state index in [0.29, 0.717) is 35.4 Å². The fourth-order valence-corrected chi connectivity index (χ4v) is 8.36. The first-order chi connectivity index (χ1) is 25.6. The second-order valence-electron chi connectivity index (χ2n) is 14.6. The number of rotatable bonds is 12. The molecule has 272 valence electrons. The summed E-state index contributed by atoms with van der Waals surface area (Å²) in [4.78, 5) is 19.9. The normalized spacial score (nSPS) is 24.3. The summed E-state index contributed by atoms with van der Waals surface area (Å²) in [7, 11) is 0. The van der Waals surface area contributed by atoms with Crippen molar-refractivity contribution in [2.24, 2.45) is 5.92 Å². The van der Waals surface area contributed by atoms with Gasteiger partial charge in [-0.2, -0.15) is 9.97 Å². The zero-order valence-corrected chi connectivity index (χ0v) is 29.5. The number of likely N-dealkylation sites (tertiary alicyclic amines) is 1. The van der Waals surface area contributed by atoms with Crippen LogP contribution in [0.5, 0.6) is 0 Å². The number of hydrogen-bond donors (Lipinski definition) is 4. The summed E-state index contributed by atoms with van der Waals surface area (Å²) in [5.41, 5.74) is 4.87. The summed E-state index contributed by atoms with van der Waals surface area (Å²) in [6, 6.07) is 32.0. The van der Waals surface area contributed by atoms with E-state index in [1.165, 1.54) is 29.5 Å². The average Bonchev–Trinajstić information content (AvgIpc) is 3.91. The zero-order valence-electron chi connectivity index (χ0n) is 29.5. The first kappa shape index (κ1) is 34.7. The Bertz CT molecular complexity index is 1850. The van der Waals surface area contributed by atoms with Gasteiger partial charge in [-0.15, -0.1) is 0 Å². The SMILES string of the molecule is OC[C@H]1O[C@@H](n2cnc3c(NCC(c4ccccc4)c4ccccc4)nc(N4CCC[C@H]4CN4CCC(Cc5ccccc5)CC4)nc32)[C@H](O)[C@@H]1O. The van der Waals surface area contributed by atoms with Crippen molar-refractivity contribution in [3.05, 3.63) is 114 Å². The second-order valence-corrected chi connectivity index (χ2v) is 14.6. The molecular weight excluding hydrogens is 654 g/mol. The van der Waals surface area contributed by atoms with E-state index in [4.69, 9.17) is 19.7 Å². The van der Waals surface area contributed by atoms with Gasteiger partial charge in [-0.1, -0.05) is 91.0 Å². The van der Waals surface area contributed by atoms with Crippen LogP contribution in [0.2, 0.25) is 0 Å². The molecule has 3 fully saturated rings. The molecule has 11 heteroatoms. The van der Waals surface area contributed by atoms with Crippen LogP contribution < -0.4 is 10.2 Å². The number of nitrogens with one attached hydrogen (secondary N) is 1. The number of nitrogens with zero attached hydrogens (tertiary/aromatic N) is 6. The third kappa shape index (κ3) is 7.29. The molecule has 0 amide bonds. The molecule has 0 spiro atoms. The van der Waals surface area contributed by atoms with Gasteiger partial charge in [-0.05, 0) is 67.8 Å². The summed E-state index contributed by atoms with van der Waals surface area (Å²) >= 11 is 0. The standard InChI is InChI=1S/C41H49N7O4/c49-26-34-36(50)37(51)40(52-34)48-27-43-35-38(42-24-33(30-13-6-2-7-14-30)31-15-8-3-9-16-31)44-41(45-39(35)48)47-20-10-17-32(47)25-46-21-18-29(19-22-46)23-28-11-4-1-5-12-28/h1-9,11-16,27,29,32-34,36-37,40,49-51H,10,17-26H2,(H,42,44,45)/t32-,34+,36+,37+,40+/m0/s1. The monoisotopic (exact) mass is 703 g/mol. The van der Waals surface area contributed by atoms with Gasteiger partial charge in [0.05, 0.1) is 12.9 Å². The Kier molecular flexibility index (Phi) is 10.5. The molecule has 2 aromatic heterocycles. The van der Waals surface area contributed by atoms with Gasteiger partial charge in [0.1, 0.15) is 18.3 Å². The Morgan fingerprint density at radius 1 is 0.808 bits per heavy atom. The fraction of sp³-hybridized carbons (Fsp3) is 0.439. The Hall–Kier alpha value is -4.39. The van der Waals surface area contributed by atoms with Gasteiger partial charge in [0.15, 0.2) is 23.2 Å². The van der Waals surface area contributed by atoms with Gasteiger partial charge >= 0.3 is 0 Å². The van der Waals surface area contributed by atoms with Crippen molar-refractivity contribution in [3.63, 3.8) is 0 Å². The van der Waals surface area contributed by atoms with Gasteiger partial charge < -0.3 is 35.2 Å². The molecule has 3 saturated heterocycles. The van der Waals surface area contributed by atoms with Gasteiger partial charge in [-0.3, -0.25) is 4.57 Å². The van der Waals surface area contributed by atoms with E-state index in [1.54, 1.807) is 10.9 Å². The third-order valence-electron chi connectivity index (χ3n) is 11.3. The van der Waals surface area contributed by atoms with Crippen molar-refractivity contribution in [2.75, 3.05) is 49.5 Å². The van der Waals surface area contributed by atoms with Crippen LogP contribution in [0.15, 0.2) is 97.3 Å². The number of aromatic nitrogens is 4. The largest absolute Gasteiger partial charge is 0.394 e. The predicted octanol–water partition coefficient (Wildman–Crippen LogP) is 4.61. The van der Waals surface area contributed by atoms with Gasteiger partial charge in [-0.25, -0.2) is 4.98 Å². The molecule has 4 N–H and O–H groups in total. The molecule has 3 aromatic carbocycles. The van der Waals surface area contributed by atoms with Gasteiger partial charge in [0.2, 0.25) is 5.95 Å². The average molecular weight is 704 g/mol. The molecule has 52 heavy (non-hydrogen) atoms. The lowest BCUT2D eigenvalue weighted by molar-refractivity contribution is -0.0511. The molecular formula is C41H49N7O4. The number of benzene rings is 3. The highest BCUT2D eigenvalue weighted by molar-refractivity contribution is 5.84. The van der Waals surface area contributed by atoms with Crippen LogP contribution in [0.3, 0.4) is 0 Å². The molecule has 5 aromatic rings. The second kappa shape index (κ2) is 15.7. The molecule has 0 bridgehead atoms. The van der Waals surface area contributed by atoms with Crippen LogP contribution in [0.4, 0.5) is 11.8 Å². The van der Waals surface area contributed by atoms with Gasteiger partial charge in [0, 0.05) is 31.6 Å². The molecule has 0 radical (unpaired) electrons. The molecule has 11 nitrogen and oxygen atoms in total. The van der Waals surface area contributed by atoms with E-state index in [9.17, 15) is 15.3 Å². The minimum atomic E-state index is -1.26. The van der Waals surface area contributed by atoms with Crippen LogP contribution >= 0.6 is 0 Å². The highest BCUT2D eigenvalue weighted by Gasteiger charge is 2.44. The molecule has 3 aliphatic rings. The lowest BCUT2D eigenvalue weighted by Crippen LogP contribution is -2.44. The lowest BCUT2D eigenvalue weighted by Gasteiger charge is -2.36. The molecule has 3 aliphatic heterocycles. The molecule has 0 unspecified atom stereocenters. The van der Waals surface area contributed by atoms with Crippen molar-refractivity contribution in [2.45, 2.75) is 68.6 Å². The summed E-state index contributed by atoms with van der Waals surface area (Å²) in [5.74, 6) is 1.99. The number of anilines is 2.